The van der Waals surface area contributed by atoms with Crippen LogP contribution in [-0.4, -0.2) is 41.5 Å². The maximum Gasteiger partial charge on any atom is 0.218 e. The van der Waals surface area contributed by atoms with Crippen molar-refractivity contribution in [2.75, 3.05) is 20.6 Å². The first kappa shape index (κ1) is 19.2. The number of carbonyl (C=O) groups excluding carboxylic acids is 1. The van der Waals surface area contributed by atoms with Crippen molar-refractivity contribution in [2.24, 2.45) is 0 Å². The van der Waals surface area contributed by atoms with Crippen LogP contribution in [0.2, 0.25) is 5.02 Å². The summed E-state index contributed by atoms with van der Waals surface area (Å²) < 4.78 is 3.00. The summed E-state index contributed by atoms with van der Waals surface area (Å²) >= 11 is 6.33. The molecule has 26 heavy (non-hydrogen) atoms. The molecule has 3 rings (SSSR count). The standard InChI is InChI=1S/C22H30ClN2O/c1-16-13-20(22(26)15-25(3,4)19-10-6-7-11-19)17(2)24(16)14-18-9-5-8-12-21(18)23/h5,8-9,12-13,19H,6-7,10-11,14-15H2,1-4H3/q+1. The highest BCUT2D eigenvalue weighted by Crippen LogP contribution is 2.28. The molecule has 1 aromatic carbocycles. The number of likely N-dealkylation sites (N-methyl/N-ethyl adjacent to an activating group) is 1. The summed E-state index contributed by atoms with van der Waals surface area (Å²) in [6, 6.07) is 10.6. The number of nitrogens with zero attached hydrogens (tertiary/aromatic N) is 2. The molecule has 0 atom stereocenters. The maximum absolute atomic E-state index is 13.1. The van der Waals surface area contributed by atoms with E-state index in [-0.39, 0.29) is 5.78 Å². The van der Waals surface area contributed by atoms with E-state index in [4.69, 9.17) is 11.6 Å². The smallest absolute Gasteiger partial charge is 0.218 e. The number of benzene rings is 1. The first-order chi connectivity index (χ1) is 12.3. The summed E-state index contributed by atoms with van der Waals surface area (Å²) in [4.78, 5) is 13.1. The third-order valence-corrected chi connectivity index (χ3v) is 6.39. The summed E-state index contributed by atoms with van der Waals surface area (Å²) in [5.74, 6) is 0.250. The van der Waals surface area contributed by atoms with E-state index in [1.54, 1.807) is 0 Å². The van der Waals surface area contributed by atoms with Crippen molar-refractivity contribution in [3.05, 3.63) is 57.9 Å². The number of hydrogen-bond acceptors (Lipinski definition) is 1. The first-order valence-corrected chi connectivity index (χ1v) is 9.93. The summed E-state index contributed by atoms with van der Waals surface area (Å²) in [5, 5.41) is 0.770. The Bertz CT molecular complexity index is 800. The van der Waals surface area contributed by atoms with E-state index in [1.807, 2.05) is 37.3 Å². The van der Waals surface area contributed by atoms with Crippen molar-refractivity contribution in [3.63, 3.8) is 0 Å². The SMILES string of the molecule is Cc1cc(C(=O)C[N+](C)(C)C2CCCC2)c(C)n1Cc1ccccc1Cl. The topological polar surface area (TPSA) is 22.0 Å². The number of Topliss-reactive ketones (excluding diaryl/α,β-unsaturated/α-hetero) is 1. The third-order valence-electron chi connectivity index (χ3n) is 6.02. The first-order valence-electron chi connectivity index (χ1n) is 9.55. The number of rotatable bonds is 6. The molecule has 0 bridgehead atoms. The van der Waals surface area contributed by atoms with E-state index in [2.05, 4.69) is 25.6 Å². The van der Waals surface area contributed by atoms with Crippen LogP contribution in [0.4, 0.5) is 0 Å². The van der Waals surface area contributed by atoms with Gasteiger partial charge in [0.05, 0.1) is 20.1 Å². The van der Waals surface area contributed by atoms with Crippen LogP contribution in [0.5, 0.6) is 0 Å². The Morgan fingerprint density at radius 1 is 1.19 bits per heavy atom. The molecule has 3 nitrogen and oxygen atoms in total. The minimum absolute atomic E-state index is 0.250. The highest BCUT2D eigenvalue weighted by molar-refractivity contribution is 6.31. The summed E-state index contributed by atoms with van der Waals surface area (Å²) in [5.41, 5.74) is 4.09. The van der Waals surface area contributed by atoms with Gasteiger partial charge in [0.25, 0.3) is 0 Å². The van der Waals surface area contributed by atoms with Crippen molar-refractivity contribution < 1.29 is 9.28 Å². The molecule has 2 aromatic rings. The minimum Gasteiger partial charge on any atom is -0.344 e. The van der Waals surface area contributed by atoms with Crippen molar-refractivity contribution in [1.82, 2.24) is 4.57 Å². The molecule has 1 aliphatic rings. The van der Waals surface area contributed by atoms with Gasteiger partial charge >= 0.3 is 0 Å². The van der Waals surface area contributed by atoms with Crippen LogP contribution < -0.4 is 0 Å². The number of halogens is 1. The van der Waals surface area contributed by atoms with E-state index in [9.17, 15) is 4.79 Å². The van der Waals surface area contributed by atoms with Gasteiger partial charge in [0, 0.05) is 28.5 Å². The molecule has 0 radical (unpaired) electrons. The van der Waals surface area contributed by atoms with Gasteiger partial charge in [0.15, 0.2) is 0 Å². The highest BCUT2D eigenvalue weighted by Gasteiger charge is 2.34. The average Bonchev–Trinajstić information content (AvgIpc) is 3.21. The quantitative estimate of drug-likeness (QED) is 0.515. The molecule has 0 saturated heterocycles. The zero-order chi connectivity index (χ0) is 18.9. The molecule has 0 unspecified atom stereocenters. The van der Waals surface area contributed by atoms with E-state index in [0.717, 1.165) is 32.0 Å². The van der Waals surface area contributed by atoms with Gasteiger partial charge in [-0.1, -0.05) is 29.8 Å². The van der Waals surface area contributed by atoms with Crippen LogP contribution in [0, 0.1) is 13.8 Å². The zero-order valence-electron chi connectivity index (χ0n) is 16.4. The van der Waals surface area contributed by atoms with Crippen molar-refractivity contribution in [1.29, 1.82) is 0 Å². The Kier molecular flexibility index (Phi) is 5.59. The molecule has 0 spiro atoms. The van der Waals surface area contributed by atoms with Crippen LogP contribution in [0.15, 0.2) is 30.3 Å². The van der Waals surface area contributed by atoms with Gasteiger partial charge in [-0.25, -0.2) is 0 Å². The van der Waals surface area contributed by atoms with Gasteiger partial charge in [-0.3, -0.25) is 4.79 Å². The number of carbonyl (C=O) groups is 1. The molecule has 1 heterocycles. The van der Waals surface area contributed by atoms with Gasteiger partial charge in [-0.15, -0.1) is 0 Å². The van der Waals surface area contributed by atoms with Crippen molar-refractivity contribution >= 4 is 17.4 Å². The van der Waals surface area contributed by atoms with Gasteiger partial charge in [0.2, 0.25) is 5.78 Å². The predicted molar refractivity (Wildman–Crippen MR) is 108 cm³/mol. The Hall–Kier alpha value is -1.58. The molecule has 1 fully saturated rings. The monoisotopic (exact) mass is 373 g/mol. The molecule has 0 aliphatic heterocycles. The lowest BCUT2D eigenvalue weighted by atomic mass is 10.1. The maximum atomic E-state index is 13.1. The lowest BCUT2D eigenvalue weighted by Gasteiger charge is -2.35. The van der Waals surface area contributed by atoms with Crippen LogP contribution in [0.1, 0.15) is 53.0 Å². The normalized spacial score (nSPS) is 15.6. The molecular weight excluding hydrogens is 344 g/mol. The molecule has 1 aliphatic carbocycles. The van der Waals surface area contributed by atoms with Crippen LogP contribution in [0.25, 0.3) is 0 Å². The van der Waals surface area contributed by atoms with Crippen LogP contribution in [-0.2, 0) is 6.54 Å². The zero-order valence-corrected chi connectivity index (χ0v) is 17.1. The van der Waals surface area contributed by atoms with Crippen LogP contribution in [0.3, 0.4) is 0 Å². The fourth-order valence-corrected chi connectivity index (χ4v) is 4.51. The van der Waals surface area contributed by atoms with Crippen LogP contribution >= 0.6 is 11.6 Å². The third kappa shape index (κ3) is 3.89. The summed E-state index contributed by atoms with van der Waals surface area (Å²) in [6.07, 6.45) is 5.08. The van der Waals surface area contributed by atoms with Crippen molar-refractivity contribution in [3.8, 4) is 0 Å². The Balaban J connectivity index is 1.81. The Morgan fingerprint density at radius 3 is 2.50 bits per heavy atom. The summed E-state index contributed by atoms with van der Waals surface area (Å²) in [7, 11) is 4.41. The second-order valence-electron chi connectivity index (χ2n) is 8.26. The lowest BCUT2D eigenvalue weighted by Crippen LogP contribution is -2.50. The van der Waals surface area contributed by atoms with Gasteiger partial charge in [-0.05, 0) is 57.2 Å². The largest absolute Gasteiger partial charge is 0.344 e. The second kappa shape index (κ2) is 7.58. The average molecular weight is 374 g/mol. The van der Waals surface area contributed by atoms with E-state index in [1.165, 1.54) is 25.7 Å². The molecule has 140 valence electrons. The fraction of sp³-hybridized carbons (Fsp3) is 0.500. The van der Waals surface area contributed by atoms with Gasteiger partial charge in [-0.2, -0.15) is 0 Å². The van der Waals surface area contributed by atoms with E-state index >= 15 is 0 Å². The van der Waals surface area contributed by atoms with Crippen molar-refractivity contribution in [2.45, 2.75) is 52.1 Å². The van der Waals surface area contributed by atoms with E-state index < -0.39 is 0 Å². The van der Waals surface area contributed by atoms with Gasteiger partial charge < -0.3 is 9.05 Å². The number of aromatic nitrogens is 1. The molecule has 4 heteroatoms. The lowest BCUT2D eigenvalue weighted by molar-refractivity contribution is -0.906. The molecule has 0 N–H and O–H groups in total. The number of aryl methyl sites for hydroxylation is 1. The number of ketones is 1. The van der Waals surface area contributed by atoms with E-state index in [0.29, 0.717) is 19.1 Å². The Morgan fingerprint density at radius 2 is 1.85 bits per heavy atom. The number of hydrogen-bond donors (Lipinski definition) is 0. The molecule has 0 amide bonds. The minimum atomic E-state index is 0.250. The Labute approximate surface area is 162 Å². The summed E-state index contributed by atoms with van der Waals surface area (Å²) in [6.45, 7) is 5.39. The molecule has 1 saturated carbocycles. The highest BCUT2D eigenvalue weighted by atomic mass is 35.5. The predicted octanol–water partition coefficient (Wildman–Crippen LogP) is 5.01. The molecule has 1 aromatic heterocycles. The fourth-order valence-electron chi connectivity index (χ4n) is 4.31. The second-order valence-corrected chi connectivity index (χ2v) is 8.67. The number of quaternary nitrogens is 1. The van der Waals surface area contributed by atoms with Gasteiger partial charge in [0.1, 0.15) is 6.54 Å². The molecular formula is C22H30ClN2O+.